The first-order valence-electron chi connectivity index (χ1n) is 6.24. The summed E-state index contributed by atoms with van der Waals surface area (Å²) >= 11 is 0. The number of nitrogens with one attached hydrogen (secondary N) is 1. The van der Waals surface area contributed by atoms with E-state index >= 15 is 0 Å². The van der Waals surface area contributed by atoms with Gasteiger partial charge in [0.05, 0.1) is 0 Å². The molecule has 3 fully saturated rings. The molecule has 1 aliphatic carbocycles. The third-order valence-electron chi connectivity index (χ3n) is 5.05. The van der Waals surface area contributed by atoms with Gasteiger partial charge in [-0.2, -0.15) is 0 Å². The van der Waals surface area contributed by atoms with Gasteiger partial charge in [0.2, 0.25) is 0 Å². The van der Waals surface area contributed by atoms with Crippen molar-refractivity contribution >= 4 is 0 Å². The molecule has 0 aromatic heterocycles. The SMILES string of the molecule is CCC1(CC)CN(C2C3CNCC32)C1. The predicted molar refractivity (Wildman–Crippen MR) is 58.2 cm³/mol. The van der Waals surface area contributed by atoms with E-state index in [-0.39, 0.29) is 0 Å². The molecule has 2 aliphatic heterocycles. The molecule has 2 heterocycles. The summed E-state index contributed by atoms with van der Waals surface area (Å²) in [5.41, 5.74) is 0.699. The van der Waals surface area contributed by atoms with Crippen molar-refractivity contribution in [2.45, 2.75) is 32.7 Å². The van der Waals surface area contributed by atoms with Crippen molar-refractivity contribution in [3.8, 4) is 0 Å². The Morgan fingerprint density at radius 3 is 2.21 bits per heavy atom. The quantitative estimate of drug-likeness (QED) is 0.729. The van der Waals surface area contributed by atoms with E-state index < -0.39 is 0 Å². The minimum atomic E-state index is 0.699. The van der Waals surface area contributed by atoms with E-state index in [9.17, 15) is 0 Å². The largest absolute Gasteiger partial charge is 0.316 e. The number of nitrogens with zero attached hydrogens (tertiary/aromatic N) is 1. The van der Waals surface area contributed by atoms with Crippen LogP contribution in [0.1, 0.15) is 26.7 Å². The smallest absolute Gasteiger partial charge is 0.0184 e. The van der Waals surface area contributed by atoms with Crippen LogP contribution in [0.5, 0.6) is 0 Å². The molecule has 2 heteroatoms. The predicted octanol–water partition coefficient (Wildman–Crippen LogP) is 1.33. The van der Waals surface area contributed by atoms with E-state index in [0.29, 0.717) is 5.41 Å². The molecule has 2 nitrogen and oxygen atoms in total. The molecule has 0 aromatic rings. The zero-order valence-corrected chi connectivity index (χ0v) is 9.42. The van der Waals surface area contributed by atoms with Crippen LogP contribution in [0, 0.1) is 17.3 Å². The summed E-state index contributed by atoms with van der Waals surface area (Å²) in [6.45, 7) is 10.1. The summed E-state index contributed by atoms with van der Waals surface area (Å²) < 4.78 is 0. The summed E-state index contributed by atoms with van der Waals surface area (Å²) in [6.07, 6.45) is 2.75. The van der Waals surface area contributed by atoms with Crippen molar-refractivity contribution in [1.29, 1.82) is 0 Å². The van der Waals surface area contributed by atoms with Crippen LogP contribution in [-0.4, -0.2) is 37.1 Å². The van der Waals surface area contributed by atoms with Gasteiger partial charge in [-0.3, -0.25) is 4.90 Å². The van der Waals surface area contributed by atoms with Gasteiger partial charge in [-0.25, -0.2) is 0 Å². The fraction of sp³-hybridized carbons (Fsp3) is 1.00. The maximum Gasteiger partial charge on any atom is 0.0184 e. The van der Waals surface area contributed by atoms with Gasteiger partial charge < -0.3 is 5.32 Å². The van der Waals surface area contributed by atoms with Crippen molar-refractivity contribution in [3.05, 3.63) is 0 Å². The summed E-state index contributed by atoms with van der Waals surface area (Å²) in [5, 5.41) is 3.48. The second-order valence-corrected chi connectivity index (χ2v) is 5.59. The summed E-state index contributed by atoms with van der Waals surface area (Å²) in [6, 6.07) is 0.975. The Kier molecular flexibility index (Phi) is 1.94. The van der Waals surface area contributed by atoms with Gasteiger partial charge in [-0.05, 0) is 43.2 Å². The third-order valence-corrected chi connectivity index (χ3v) is 5.05. The molecule has 2 unspecified atom stereocenters. The fourth-order valence-corrected chi connectivity index (χ4v) is 3.65. The Morgan fingerprint density at radius 1 is 1.14 bits per heavy atom. The molecule has 1 saturated carbocycles. The normalized spacial score (nSPS) is 44.6. The molecule has 2 atom stereocenters. The Hall–Kier alpha value is -0.0800. The van der Waals surface area contributed by atoms with Gasteiger partial charge in [0.1, 0.15) is 0 Å². The maximum atomic E-state index is 3.48. The molecular formula is C12H22N2. The highest BCUT2D eigenvalue weighted by molar-refractivity contribution is 5.13. The van der Waals surface area contributed by atoms with Crippen LogP contribution in [0.4, 0.5) is 0 Å². The summed E-state index contributed by atoms with van der Waals surface area (Å²) in [4.78, 5) is 2.75. The lowest BCUT2D eigenvalue weighted by Gasteiger charge is -2.51. The standard InChI is InChI=1S/C12H22N2/c1-3-12(4-2)7-14(8-12)11-9-5-13-6-10(9)11/h9-11,13H,3-8H2,1-2H3. The highest BCUT2D eigenvalue weighted by Crippen LogP contribution is 2.51. The number of rotatable bonds is 3. The lowest BCUT2D eigenvalue weighted by Crippen LogP contribution is -2.57. The summed E-state index contributed by atoms with van der Waals surface area (Å²) in [5.74, 6) is 2.03. The average Bonchev–Trinajstić information content (AvgIpc) is 2.62. The van der Waals surface area contributed by atoms with Crippen LogP contribution in [0.3, 0.4) is 0 Å². The minimum Gasteiger partial charge on any atom is -0.316 e. The van der Waals surface area contributed by atoms with Gasteiger partial charge in [-0.15, -0.1) is 0 Å². The van der Waals surface area contributed by atoms with Crippen LogP contribution in [0.25, 0.3) is 0 Å². The number of piperidine rings is 1. The molecule has 0 bridgehead atoms. The lowest BCUT2D eigenvalue weighted by atomic mass is 9.75. The van der Waals surface area contributed by atoms with Crippen molar-refractivity contribution in [2.24, 2.45) is 17.3 Å². The van der Waals surface area contributed by atoms with Crippen LogP contribution >= 0.6 is 0 Å². The second kappa shape index (κ2) is 2.96. The molecule has 1 N–H and O–H groups in total. The summed E-state index contributed by atoms with van der Waals surface area (Å²) in [7, 11) is 0. The van der Waals surface area contributed by atoms with Gasteiger partial charge in [-0.1, -0.05) is 13.8 Å². The van der Waals surface area contributed by atoms with E-state index in [1.807, 2.05) is 0 Å². The number of hydrogen-bond acceptors (Lipinski definition) is 2. The highest BCUT2D eigenvalue weighted by atomic mass is 15.3. The first-order valence-corrected chi connectivity index (χ1v) is 6.24. The van der Waals surface area contributed by atoms with Crippen LogP contribution < -0.4 is 5.32 Å². The van der Waals surface area contributed by atoms with E-state index in [1.165, 1.54) is 39.0 Å². The first-order chi connectivity index (χ1) is 6.79. The van der Waals surface area contributed by atoms with Crippen molar-refractivity contribution in [1.82, 2.24) is 10.2 Å². The van der Waals surface area contributed by atoms with Gasteiger partial charge in [0.15, 0.2) is 0 Å². The maximum absolute atomic E-state index is 3.48. The van der Waals surface area contributed by atoms with Gasteiger partial charge in [0, 0.05) is 19.1 Å². The number of fused-ring (bicyclic) bond motifs is 1. The molecular weight excluding hydrogens is 172 g/mol. The molecule has 0 amide bonds. The molecule has 80 valence electrons. The van der Waals surface area contributed by atoms with Crippen LogP contribution in [0.2, 0.25) is 0 Å². The van der Waals surface area contributed by atoms with Crippen molar-refractivity contribution in [2.75, 3.05) is 26.2 Å². The number of likely N-dealkylation sites (tertiary alicyclic amines) is 1. The van der Waals surface area contributed by atoms with Crippen LogP contribution in [-0.2, 0) is 0 Å². The molecule has 14 heavy (non-hydrogen) atoms. The first kappa shape index (κ1) is 9.17. The zero-order valence-electron chi connectivity index (χ0n) is 9.42. The Morgan fingerprint density at radius 2 is 1.71 bits per heavy atom. The lowest BCUT2D eigenvalue weighted by molar-refractivity contribution is -0.0197. The van der Waals surface area contributed by atoms with E-state index in [1.54, 1.807) is 0 Å². The third kappa shape index (κ3) is 1.10. The van der Waals surface area contributed by atoms with Crippen molar-refractivity contribution in [3.63, 3.8) is 0 Å². The highest BCUT2D eigenvalue weighted by Gasteiger charge is 2.59. The topological polar surface area (TPSA) is 15.3 Å². The molecule has 3 rings (SSSR count). The molecule has 0 spiro atoms. The second-order valence-electron chi connectivity index (χ2n) is 5.59. The van der Waals surface area contributed by atoms with E-state index in [4.69, 9.17) is 0 Å². The Labute approximate surface area is 87.0 Å². The van der Waals surface area contributed by atoms with E-state index in [0.717, 1.165) is 17.9 Å². The molecule has 2 saturated heterocycles. The molecule has 3 aliphatic rings. The zero-order chi connectivity index (χ0) is 9.76. The monoisotopic (exact) mass is 194 g/mol. The van der Waals surface area contributed by atoms with Gasteiger partial charge >= 0.3 is 0 Å². The van der Waals surface area contributed by atoms with Gasteiger partial charge in [0.25, 0.3) is 0 Å². The van der Waals surface area contributed by atoms with Crippen molar-refractivity contribution < 1.29 is 0 Å². The molecule has 0 aromatic carbocycles. The van der Waals surface area contributed by atoms with Crippen LogP contribution in [0.15, 0.2) is 0 Å². The Balaban J connectivity index is 1.55. The average molecular weight is 194 g/mol. The molecule has 0 radical (unpaired) electrons. The number of hydrogen-bond donors (Lipinski definition) is 1. The van der Waals surface area contributed by atoms with E-state index in [2.05, 4.69) is 24.1 Å². The minimum absolute atomic E-state index is 0.699. The Bertz CT molecular complexity index is 216. The fourth-order valence-electron chi connectivity index (χ4n) is 3.65.